The molecule has 4 aliphatic carbocycles. The van der Waals surface area contributed by atoms with Gasteiger partial charge in [-0.1, -0.05) is 60.7 Å². The van der Waals surface area contributed by atoms with E-state index in [2.05, 4.69) is 66.9 Å². The lowest BCUT2D eigenvalue weighted by Crippen LogP contribution is -2.52. The van der Waals surface area contributed by atoms with E-state index in [0.29, 0.717) is 11.5 Å². The van der Waals surface area contributed by atoms with Gasteiger partial charge in [-0.15, -0.1) is 0 Å². The summed E-state index contributed by atoms with van der Waals surface area (Å²) in [4.78, 5) is 10.0. The number of nitrogens with zero attached hydrogens (tertiary/aromatic N) is 2. The number of aliphatic imine (C=N–C) groups is 2. The quantitative estimate of drug-likeness (QED) is 0.573. The van der Waals surface area contributed by atoms with Crippen LogP contribution < -0.4 is 0 Å². The number of hydrogen-bond donors (Lipinski definition) is 0. The monoisotopic (exact) mass is 370 g/mol. The van der Waals surface area contributed by atoms with Crippen LogP contribution in [0.2, 0.25) is 0 Å². The Bertz CT molecular complexity index is 802. The van der Waals surface area contributed by atoms with Crippen molar-refractivity contribution in [1.82, 2.24) is 0 Å². The van der Waals surface area contributed by atoms with Crippen LogP contribution in [0.3, 0.4) is 0 Å². The van der Waals surface area contributed by atoms with Crippen molar-refractivity contribution in [2.45, 2.75) is 44.6 Å². The molecular formula is C26H30N2. The molecule has 2 heteroatoms. The van der Waals surface area contributed by atoms with Crippen molar-refractivity contribution in [3.63, 3.8) is 0 Å². The van der Waals surface area contributed by atoms with Gasteiger partial charge in [0.05, 0.1) is 12.6 Å². The van der Waals surface area contributed by atoms with Crippen molar-refractivity contribution >= 4 is 12.4 Å². The first-order valence-electron chi connectivity index (χ1n) is 10.9. The summed E-state index contributed by atoms with van der Waals surface area (Å²) in [6, 6.07) is 21.3. The topological polar surface area (TPSA) is 24.7 Å². The second kappa shape index (κ2) is 7.66. The maximum Gasteiger partial charge on any atom is 0.0751 e. The fourth-order valence-electron chi connectivity index (χ4n) is 6.50. The van der Waals surface area contributed by atoms with E-state index in [1.54, 1.807) is 0 Å². The lowest BCUT2D eigenvalue weighted by molar-refractivity contribution is -0.0645. The van der Waals surface area contributed by atoms with Gasteiger partial charge < -0.3 is 0 Å². The van der Waals surface area contributed by atoms with Crippen LogP contribution in [0.15, 0.2) is 70.6 Å². The molecule has 4 saturated carbocycles. The Morgan fingerprint density at radius 3 is 1.79 bits per heavy atom. The highest BCUT2D eigenvalue weighted by Gasteiger charge is 2.54. The minimum atomic E-state index is 0.307. The van der Waals surface area contributed by atoms with Crippen molar-refractivity contribution in [3.05, 3.63) is 71.8 Å². The molecule has 0 saturated heterocycles. The summed E-state index contributed by atoms with van der Waals surface area (Å²) in [5.74, 6) is 2.83. The standard InChI is InChI=1S/C26H30N2/c1-3-7-20(8-4-1)17-27-19-25(28-18-21-9-5-2-6-10-21)26-14-22-11-23(15-26)13-24(12-22)16-26/h1-10,17-18,22-25H,11-16,19H2. The van der Waals surface area contributed by atoms with Crippen molar-refractivity contribution in [3.8, 4) is 0 Å². The summed E-state index contributed by atoms with van der Waals surface area (Å²) in [5.41, 5.74) is 2.76. The van der Waals surface area contributed by atoms with Crippen molar-refractivity contribution in [2.24, 2.45) is 33.2 Å². The van der Waals surface area contributed by atoms with Gasteiger partial charge in [0, 0.05) is 12.4 Å². The molecule has 0 aromatic heterocycles. The van der Waals surface area contributed by atoms with E-state index in [1.807, 2.05) is 6.21 Å². The Morgan fingerprint density at radius 1 is 0.750 bits per heavy atom. The molecule has 1 atom stereocenters. The number of rotatable bonds is 6. The molecule has 0 heterocycles. The normalized spacial score (nSPS) is 32.4. The van der Waals surface area contributed by atoms with Gasteiger partial charge in [-0.3, -0.25) is 9.98 Å². The van der Waals surface area contributed by atoms with E-state index in [-0.39, 0.29) is 0 Å². The molecule has 0 N–H and O–H groups in total. The van der Waals surface area contributed by atoms with Crippen LogP contribution >= 0.6 is 0 Å². The zero-order chi connectivity index (χ0) is 18.8. The first kappa shape index (κ1) is 17.8. The SMILES string of the molecule is C(=NCC(N=Cc1ccccc1)C12CC3CC(CC(C3)C1)C2)c1ccccc1. The van der Waals surface area contributed by atoms with Crippen molar-refractivity contribution in [2.75, 3.05) is 6.54 Å². The van der Waals surface area contributed by atoms with E-state index in [4.69, 9.17) is 9.98 Å². The largest absolute Gasteiger partial charge is 0.290 e. The third-order valence-electron chi connectivity index (χ3n) is 7.31. The maximum atomic E-state index is 5.18. The van der Waals surface area contributed by atoms with Crippen LogP contribution in [0, 0.1) is 23.2 Å². The highest BCUT2D eigenvalue weighted by molar-refractivity contribution is 5.80. The predicted octanol–water partition coefficient (Wildman–Crippen LogP) is 5.81. The summed E-state index contributed by atoms with van der Waals surface area (Å²) >= 11 is 0. The molecule has 4 aliphatic rings. The average molecular weight is 371 g/mol. The first-order chi connectivity index (χ1) is 13.8. The van der Waals surface area contributed by atoms with Gasteiger partial charge in [-0.05, 0) is 72.8 Å². The molecule has 2 aromatic carbocycles. The lowest BCUT2D eigenvalue weighted by Gasteiger charge is -2.58. The predicted molar refractivity (Wildman–Crippen MR) is 117 cm³/mol. The highest BCUT2D eigenvalue weighted by Crippen LogP contribution is 2.61. The van der Waals surface area contributed by atoms with Gasteiger partial charge in [0.1, 0.15) is 0 Å². The van der Waals surface area contributed by atoms with E-state index in [9.17, 15) is 0 Å². The van der Waals surface area contributed by atoms with Crippen LogP contribution in [0.4, 0.5) is 0 Å². The minimum Gasteiger partial charge on any atom is -0.290 e. The zero-order valence-corrected chi connectivity index (χ0v) is 16.6. The third kappa shape index (κ3) is 3.70. The smallest absolute Gasteiger partial charge is 0.0751 e. The van der Waals surface area contributed by atoms with Gasteiger partial charge in [-0.25, -0.2) is 0 Å². The van der Waals surface area contributed by atoms with E-state index >= 15 is 0 Å². The molecular weight excluding hydrogens is 340 g/mol. The molecule has 4 bridgehead atoms. The molecule has 0 radical (unpaired) electrons. The zero-order valence-electron chi connectivity index (χ0n) is 16.6. The minimum absolute atomic E-state index is 0.307. The maximum absolute atomic E-state index is 5.18. The van der Waals surface area contributed by atoms with Crippen LogP contribution in [-0.2, 0) is 0 Å². The van der Waals surface area contributed by atoms with Crippen LogP contribution in [-0.4, -0.2) is 25.0 Å². The Labute approximate surface area is 168 Å². The number of hydrogen-bond acceptors (Lipinski definition) is 2. The summed E-state index contributed by atoms with van der Waals surface area (Å²) in [7, 11) is 0. The summed E-state index contributed by atoms with van der Waals surface area (Å²) in [6.45, 7) is 0.810. The van der Waals surface area contributed by atoms with Gasteiger partial charge in [0.25, 0.3) is 0 Å². The molecule has 0 amide bonds. The molecule has 1 unspecified atom stereocenters. The summed E-state index contributed by atoms with van der Waals surface area (Å²) in [5, 5.41) is 0. The fourth-order valence-corrected chi connectivity index (χ4v) is 6.50. The lowest BCUT2D eigenvalue weighted by atomic mass is 9.47. The van der Waals surface area contributed by atoms with Crippen LogP contribution in [0.25, 0.3) is 0 Å². The Hall–Kier alpha value is -2.22. The van der Waals surface area contributed by atoms with Crippen LogP contribution in [0.1, 0.15) is 49.7 Å². The molecule has 144 valence electrons. The van der Waals surface area contributed by atoms with E-state index in [1.165, 1.54) is 49.7 Å². The molecule has 28 heavy (non-hydrogen) atoms. The van der Waals surface area contributed by atoms with Crippen LogP contribution in [0.5, 0.6) is 0 Å². The summed E-state index contributed by atoms with van der Waals surface area (Å²) in [6.07, 6.45) is 12.7. The van der Waals surface area contributed by atoms with E-state index in [0.717, 1.165) is 24.3 Å². The van der Waals surface area contributed by atoms with Gasteiger partial charge in [-0.2, -0.15) is 0 Å². The average Bonchev–Trinajstić information content (AvgIpc) is 2.71. The molecule has 0 spiro atoms. The third-order valence-corrected chi connectivity index (χ3v) is 7.31. The van der Waals surface area contributed by atoms with E-state index < -0.39 is 0 Å². The Morgan fingerprint density at radius 2 is 1.25 bits per heavy atom. The van der Waals surface area contributed by atoms with Gasteiger partial charge >= 0.3 is 0 Å². The molecule has 0 aliphatic heterocycles. The number of benzene rings is 2. The fraction of sp³-hybridized carbons (Fsp3) is 0.462. The molecule has 4 fully saturated rings. The second-order valence-electron chi connectivity index (χ2n) is 9.39. The van der Waals surface area contributed by atoms with Crippen molar-refractivity contribution in [1.29, 1.82) is 0 Å². The van der Waals surface area contributed by atoms with Crippen molar-refractivity contribution < 1.29 is 0 Å². The second-order valence-corrected chi connectivity index (χ2v) is 9.39. The highest BCUT2D eigenvalue weighted by atomic mass is 14.9. The Balaban J connectivity index is 1.39. The molecule has 2 aromatic rings. The van der Waals surface area contributed by atoms with Gasteiger partial charge in [0.15, 0.2) is 0 Å². The first-order valence-corrected chi connectivity index (χ1v) is 10.9. The van der Waals surface area contributed by atoms with Gasteiger partial charge in [0.2, 0.25) is 0 Å². The molecule has 6 rings (SSSR count). The Kier molecular flexibility index (Phi) is 4.88. The summed E-state index contributed by atoms with van der Waals surface area (Å²) < 4.78 is 0. The molecule has 2 nitrogen and oxygen atoms in total.